The van der Waals surface area contributed by atoms with Crippen molar-refractivity contribution < 1.29 is 32.7 Å². The molecule has 1 aliphatic heterocycles. The first-order valence-corrected chi connectivity index (χ1v) is 10.9. The molecule has 1 saturated carbocycles. The average Bonchev–Trinajstić information content (AvgIpc) is 3.09. The summed E-state index contributed by atoms with van der Waals surface area (Å²) >= 11 is 6.24. The minimum absolute atomic E-state index is 0.00344. The fraction of sp³-hybridized carbons (Fsp3) is 0.524. The van der Waals surface area contributed by atoms with E-state index < -0.39 is 29.3 Å². The number of Topliss-reactive ketones (excluding diaryl/α,β-unsaturated/α-hetero) is 1. The third-order valence-electron chi connectivity index (χ3n) is 6.22. The van der Waals surface area contributed by atoms with Gasteiger partial charge in [0.15, 0.2) is 11.5 Å². The number of nitrogens with zero attached hydrogens (tertiary/aromatic N) is 4. The standard InChI is InChI=1S/C21H22ClF3N4O4/c1-11(30)12-8-15-18(22)19(26-29(15)16(9-12)21(23,24)25)20(33)27-6-7-28(17(32)10-27)13-2-4-14(31)5-3-13/h8-9,13-14,31H,2-7,10H2,1H3/t13-,14-. The number of carbonyl (C=O) groups excluding carboxylic acids is 3. The van der Waals surface area contributed by atoms with Gasteiger partial charge in [-0.3, -0.25) is 14.4 Å². The first-order chi connectivity index (χ1) is 15.5. The number of aromatic nitrogens is 2. The predicted octanol–water partition coefficient (Wildman–Crippen LogP) is 2.80. The molecular weight excluding hydrogens is 465 g/mol. The lowest BCUT2D eigenvalue weighted by atomic mass is 9.91. The van der Waals surface area contributed by atoms with Crippen LogP contribution in [0, 0.1) is 0 Å². The van der Waals surface area contributed by atoms with E-state index in [9.17, 15) is 32.7 Å². The fourth-order valence-electron chi connectivity index (χ4n) is 4.42. The van der Waals surface area contributed by atoms with Crippen LogP contribution < -0.4 is 0 Å². The number of pyridine rings is 1. The fourth-order valence-corrected chi connectivity index (χ4v) is 4.68. The SMILES string of the molecule is CC(=O)c1cc(C(F)(F)F)n2nc(C(=O)N3CCN([C@H]4CC[C@H](O)CC4)C(=O)C3)c(Cl)c2c1. The third kappa shape index (κ3) is 4.43. The molecule has 1 saturated heterocycles. The van der Waals surface area contributed by atoms with E-state index in [2.05, 4.69) is 5.10 Å². The van der Waals surface area contributed by atoms with Crippen molar-refractivity contribution >= 4 is 34.7 Å². The summed E-state index contributed by atoms with van der Waals surface area (Å²) in [7, 11) is 0. The van der Waals surface area contributed by atoms with Crippen molar-refractivity contribution in [1.29, 1.82) is 0 Å². The van der Waals surface area contributed by atoms with E-state index in [4.69, 9.17) is 11.6 Å². The summed E-state index contributed by atoms with van der Waals surface area (Å²) in [4.78, 5) is 40.4. The van der Waals surface area contributed by atoms with Crippen LogP contribution in [-0.2, 0) is 11.0 Å². The Bertz CT molecular complexity index is 1120. The van der Waals surface area contributed by atoms with Gasteiger partial charge in [-0.2, -0.15) is 18.3 Å². The van der Waals surface area contributed by atoms with E-state index >= 15 is 0 Å². The first kappa shape index (κ1) is 23.5. The number of alkyl halides is 3. The second-order valence-corrected chi connectivity index (χ2v) is 8.80. The summed E-state index contributed by atoms with van der Waals surface area (Å²) in [6.45, 7) is 1.34. The number of ketones is 1. The lowest BCUT2D eigenvalue weighted by molar-refractivity contribution is -0.142. The number of hydrogen-bond donors (Lipinski definition) is 1. The summed E-state index contributed by atoms with van der Waals surface area (Å²) in [5, 5.41) is 13.2. The third-order valence-corrected chi connectivity index (χ3v) is 6.60. The van der Waals surface area contributed by atoms with E-state index in [0.29, 0.717) is 36.3 Å². The number of fused-ring (bicyclic) bond motifs is 1. The summed E-state index contributed by atoms with van der Waals surface area (Å²) in [6.07, 6.45) is -2.62. The van der Waals surface area contributed by atoms with Gasteiger partial charge in [0.2, 0.25) is 5.91 Å². The van der Waals surface area contributed by atoms with E-state index in [1.54, 1.807) is 4.90 Å². The van der Waals surface area contributed by atoms with Crippen LogP contribution in [0.15, 0.2) is 12.1 Å². The Kier molecular flexibility index (Phi) is 6.12. The maximum absolute atomic E-state index is 13.6. The smallest absolute Gasteiger partial charge is 0.393 e. The van der Waals surface area contributed by atoms with Gasteiger partial charge in [-0.05, 0) is 44.7 Å². The van der Waals surface area contributed by atoms with Gasteiger partial charge in [-0.25, -0.2) is 4.52 Å². The van der Waals surface area contributed by atoms with E-state index in [1.807, 2.05) is 0 Å². The number of aliphatic hydroxyl groups excluding tert-OH is 1. The highest BCUT2D eigenvalue weighted by Crippen LogP contribution is 2.34. The summed E-state index contributed by atoms with van der Waals surface area (Å²) in [5.74, 6) is -1.62. The Labute approximate surface area is 191 Å². The molecule has 12 heteroatoms. The number of amides is 2. The molecule has 0 atom stereocenters. The van der Waals surface area contributed by atoms with Crippen molar-refractivity contribution in [3.05, 3.63) is 34.1 Å². The number of hydrogen-bond acceptors (Lipinski definition) is 5. The average molecular weight is 487 g/mol. The van der Waals surface area contributed by atoms with E-state index in [0.717, 1.165) is 13.0 Å². The van der Waals surface area contributed by atoms with Gasteiger partial charge < -0.3 is 14.9 Å². The van der Waals surface area contributed by atoms with Gasteiger partial charge in [0.1, 0.15) is 12.2 Å². The minimum atomic E-state index is -4.84. The zero-order chi connectivity index (χ0) is 24.1. The summed E-state index contributed by atoms with van der Waals surface area (Å²) in [6, 6.07) is 1.82. The molecule has 2 aromatic rings. The van der Waals surface area contributed by atoms with Crippen LogP contribution in [0.5, 0.6) is 0 Å². The van der Waals surface area contributed by atoms with Crippen LogP contribution in [0.2, 0.25) is 5.02 Å². The van der Waals surface area contributed by atoms with Gasteiger partial charge >= 0.3 is 6.18 Å². The normalized spacial score (nSPS) is 22.2. The second kappa shape index (κ2) is 8.60. The molecule has 1 N–H and O–H groups in total. The quantitative estimate of drug-likeness (QED) is 0.673. The van der Waals surface area contributed by atoms with Gasteiger partial charge in [0, 0.05) is 24.7 Å². The zero-order valence-corrected chi connectivity index (χ0v) is 18.5. The number of carbonyl (C=O) groups is 3. The van der Waals surface area contributed by atoms with Crippen LogP contribution in [0.3, 0.4) is 0 Å². The molecule has 4 rings (SSSR count). The number of aliphatic hydroxyl groups is 1. The Hall–Kier alpha value is -2.66. The highest BCUT2D eigenvalue weighted by atomic mass is 35.5. The molecule has 178 valence electrons. The van der Waals surface area contributed by atoms with Crippen molar-refractivity contribution in [3.63, 3.8) is 0 Å². The van der Waals surface area contributed by atoms with Gasteiger partial charge in [-0.1, -0.05) is 11.6 Å². The molecule has 1 aliphatic carbocycles. The van der Waals surface area contributed by atoms with Crippen LogP contribution in [-0.4, -0.2) is 73.9 Å². The largest absolute Gasteiger partial charge is 0.433 e. The molecule has 2 aromatic heterocycles. The van der Waals surface area contributed by atoms with Crippen molar-refractivity contribution in [1.82, 2.24) is 19.4 Å². The first-order valence-electron chi connectivity index (χ1n) is 10.5. The van der Waals surface area contributed by atoms with E-state index in [-0.39, 0.29) is 53.8 Å². The monoisotopic (exact) mass is 486 g/mol. The number of piperazine rings is 1. The van der Waals surface area contributed by atoms with E-state index in [1.165, 1.54) is 4.90 Å². The number of rotatable bonds is 3. The minimum Gasteiger partial charge on any atom is -0.393 e. The summed E-state index contributed by atoms with van der Waals surface area (Å²) < 4.78 is 41.2. The summed E-state index contributed by atoms with van der Waals surface area (Å²) in [5.41, 5.74) is -2.07. The number of halogens is 4. The molecular formula is C21H22ClF3N4O4. The zero-order valence-electron chi connectivity index (χ0n) is 17.7. The molecule has 0 aromatic carbocycles. The molecule has 33 heavy (non-hydrogen) atoms. The molecule has 8 nitrogen and oxygen atoms in total. The Morgan fingerprint density at radius 2 is 1.82 bits per heavy atom. The molecule has 0 spiro atoms. The molecule has 2 fully saturated rings. The topological polar surface area (TPSA) is 95.2 Å². The molecule has 0 radical (unpaired) electrons. The van der Waals surface area contributed by atoms with Crippen molar-refractivity contribution in [2.45, 2.75) is 50.9 Å². The lowest BCUT2D eigenvalue weighted by Gasteiger charge is -2.41. The Morgan fingerprint density at radius 1 is 1.15 bits per heavy atom. The highest BCUT2D eigenvalue weighted by molar-refractivity contribution is 6.37. The maximum atomic E-state index is 13.6. The molecule has 2 aliphatic rings. The molecule has 3 heterocycles. The van der Waals surface area contributed by atoms with Crippen molar-refractivity contribution in [3.8, 4) is 0 Å². The van der Waals surface area contributed by atoms with Crippen LogP contribution in [0.25, 0.3) is 5.52 Å². The molecule has 0 bridgehead atoms. The predicted molar refractivity (Wildman–Crippen MR) is 111 cm³/mol. The van der Waals surface area contributed by atoms with Crippen molar-refractivity contribution in [2.24, 2.45) is 0 Å². The maximum Gasteiger partial charge on any atom is 0.433 e. The Balaban J connectivity index is 1.61. The van der Waals surface area contributed by atoms with Crippen LogP contribution >= 0.6 is 11.6 Å². The highest BCUT2D eigenvalue weighted by Gasteiger charge is 2.38. The molecule has 0 unspecified atom stereocenters. The van der Waals surface area contributed by atoms with Gasteiger partial charge in [0.05, 0.1) is 16.6 Å². The molecule has 2 amide bonds. The van der Waals surface area contributed by atoms with Crippen LogP contribution in [0.4, 0.5) is 13.2 Å². The van der Waals surface area contributed by atoms with Gasteiger partial charge in [0.25, 0.3) is 5.91 Å². The van der Waals surface area contributed by atoms with Crippen LogP contribution in [0.1, 0.15) is 59.1 Å². The van der Waals surface area contributed by atoms with Gasteiger partial charge in [-0.15, -0.1) is 0 Å². The Morgan fingerprint density at radius 3 is 2.39 bits per heavy atom. The second-order valence-electron chi connectivity index (χ2n) is 8.42. The lowest BCUT2D eigenvalue weighted by Crippen LogP contribution is -2.56. The van der Waals surface area contributed by atoms with Crippen molar-refractivity contribution in [2.75, 3.05) is 19.6 Å².